The molecule has 0 aliphatic rings. The average molecular weight is 260 g/mol. The highest BCUT2D eigenvalue weighted by Crippen LogP contribution is 2.15. The zero-order chi connectivity index (χ0) is 13.8. The van der Waals surface area contributed by atoms with Gasteiger partial charge in [0.25, 0.3) is 0 Å². The minimum Gasteiger partial charge on any atom is -0.491 e. The van der Waals surface area contributed by atoms with E-state index < -0.39 is 0 Å². The molecule has 0 atom stereocenters. The van der Waals surface area contributed by atoms with Gasteiger partial charge in [0.15, 0.2) is 5.75 Å². The molecular weight excluding hydrogens is 236 g/mol. The molecule has 0 amide bonds. The SMILES string of the molecule is CCCCCCCCCCOc1cnccc1C#N. The van der Waals surface area contributed by atoms with Crippen LogP contribution in [0.3, 0.4) is 0 Å². The van der Waals surface area contributed by atoms with Gasteiger partial charge in [-0.1, -0.05) is 51.9 Å². The first-order valence-electron chi connectivity index (χ1n) is 7.35. The van der Waals surface area contributed by atoms with Crippen LogP contribution < -0.4 is 4.74 Å². The van der Waals surface area contributed by atoms with Crippen LogP contribution in [0.4, 0.5) is 0 Å². The fraction of sp³-hybridized carbons (Fsp3) is 0.625. The molecule has 0 radical (unpaired) electrons. The molecule has 0 spiro atoms. The summed E-state index contributed by atoms with van der Waals surface area (Å²) in [5.74, 6) is 0.605. The molecule has 1 heterocycles. The van der Waals surface area contributed by atoms with Gasteiger partial charge in [0.05, 0.1) is 18.4 Å². The Labute approximate surface area is 116 Å². The minimum absolute atomic E-state index is 0.564. The van der Waals surface area contributed by atoms with Crippen molar-refractivity contribution in [3.63, 3.8) is 0 Å². The number of hydrogen-bond acceptors (Lipinski definition) is 3. The Morgan fingerprint density at radius 3 is 2.47 bits per heavy atom. The second kappa shape index (κ2) is 10.4. The minimum atomic E-state index is 0.564. The summed E-state index contributed by atoms with van der Waals surface area (Å²) < 4.78 is 5.59. The third-order valence-corrected chi connectivity index (χ3v) is 3.16. The van der Waals surface area contributed by atoms with E-state index in [0.717, 1.165) is 6.42 Å². The number of nitriles is 1. The van der Waals surface area contributed by atoms with Gasteiger partial charge in [-0.25, -0.2) is 0 Å². The van der Waals surface area contributed by atoms with Crippen LogP contribution in [0.15, 0.2) is 18.5 Å². The number of unbranched alkanes of at least 4 members (excludes halogenated alkanes) is 7. The summed E-state index contributed by atoms with van der Waals surface area (Å²) >= 11 is 0. The van der Waals surface area contributed by atoms with Gasteiger partial charge < -0.3 is 4.74 Å². The Hall–Kier alpha value is -1.56. The Morgan fingerprint density at radius 2 is 1.79 bits per heavy atom. The molecule has 104 valence electrons. The monoisotopic (exact) mass is 260 g/mol. The van der Waals surface area contributed by atoms with Crippen LogP contribution in [0.1, 0.15) is 63.9 Å². The van der Waals surface area contributed by atoms with E-state index in [-0.39, 0.29) is 0 Å². The molecule has 3 nitrogen and oxygen atoms in total. The van der Waals surface area contributed by atoms with Crippen LogP contribution in [0, 0.1) is 11.3 Å². The van der Waals surface area contributed by atoms with Gasteiger partial charge in [0.1, 0.15) is 6.07 Å². The highest BCUT2D eigenvalue weighted by atomic mass is 16.5. The molecule has 1 aromatic heterocycles. The molecule has 1 rings (SSSR count). The molecule has 0 aliphatic heterocycles. The van der Waals surface area contributed by atoms with E-state index in [2.05, 4.69) is 18.0 Å². The smallest absolute Gasteiger partial charge is 0.155 e. The summed E-state index contributed by atoms with van der Waals surface area (Å²) in [7, 11) is 0. The van der Waals surface area contributed by atoms with Gasteiger partial charge in [-0.15, -0.1) is 0 Å². The molecule has 1 aromatic rings. The quantitative estimate of drug-likeness (QED) is 0.583. The molecule has 19 heavy (non-hydrogen) atoms. The number of pyridine rings is 1. The lowest BCUT2D eigenvalue weighted by Gasteiger charge is -2.06. The fourth-order valence-electron chi connectivity index (χ4n) is 2.01. The molecule has 3 heteroatoms. The molecule has 0 bridgehead atoms. The highest BCUT2D eigenvalue weighted by Gasteiger charge is 2.01. The lowest BCUT2D eigenvalue weighted by molar-refractivity contribution is 0.302. The number of hydrogen-bond donors (Lipinski definition) is 0. The largest absolute Gasteiger partial charge is 0.491 e. The van der Waals surface area contributed by atoms with E-state index in [1.54, 1.807) is 18.5 Å². The van der Waals surface area contributed by atoms with Crippen molar-refractivity contribution in [2.75, 3.05) is 6.61 Å². The van der Waals surface area contributed by atoms with Crippen LogP contribution in [-0.2, 0) is 0 Å². The fourth-order valence-corrected chi connectivity index (χ4v) is 2.01. The topological polar surface area (TPSA) is 45.9 Å². The van der Waals surface area contributed by atoms with Crippen molar-refractivity contribution in [3.8, 4) is 11.8 Å². The standard InChI is InChI=1S/C16H24N2O/c1-2-3-4-5-6-7-8-9-12-19-16-14-18-11-10-15(16)13-17/h10-11,14H,2-9,12H2,1H3. The van der Waals surface area contributed by atoms with Gasteiger partial charge >= 0.3 is 0 Å². The van der Waals surface area contributed by atoms with E-state index in [0.29, 0.717) is 17.9 Å². The second-order valence-corrected chi connectivity index (χ2v) is 4.81. The second-order valence-electron chi connectivity index (χ2n) is 4.81. The maximum absolute atomic E-state index is 8.90. The van der Waals surface area contributed by atoms with E-state index in [9.17, 15) is 0 Å². The van der Waals surface area contributed by atoms with Crippen molar-refractivity contribution in [3.05, 3.63) is 24.0 Å². The van der Waals surface area contributed by atoms with Crippen molar-refractivity contribution in [1.82, 2.24) is 4.98 Å². The third kappa shape index (κ3) is 6.81. The van der Waals surface area contributed by atoms with Gasteiger partial charge in [0.2, 0.25) is 0 Å². The zero-order valence-electron chi connectivity index (χ0n) is 11.9. The van der Waals surface area contributed by atoms with Crippen molar-refractivity contribution in [1.29, 1.82) is 5.26 Å². The molecule has 0 saturated heterocycles. The maximum Gasteiger partial charge on any atom is 0.155 e. The van der Waals surface area contributed by atoms with Crippen LogP contribution in [-0.4, -0.2) is 11.6 Å². The normalized spacial score (nSPS) is 10.1. The summed E-state index contributed by atoms with van der Waals surface area (Å²) in [6.45, 7) is 2.92. The van der Waals surface area contributed by atoms with Crippen LogP contribution >= 0.6 is 0 Å². The Morgan fingerprint density at radius 1 is 1.11 bits per heavy atom. The summed E-state index contributed by atoms with van der Waals surface area (Å²) in [5, 5.41) is 8.90. The summed E-state index contributed by atoms with van der Waals surface area (Å²) in [6, 6.07) is 3.79. The first-order chi connectivity index (χ1) is 9.38. The van der Waals surface area contributed by atoms with Crippen LogP contribution in [0.5, 0.6) is 5.75 Å². The first-order valence-corrected chi connectivity index (χ1v) is 7.35. The number of nitrogens with zero attached hydrogens (tertiary/aromatic N) is 2. The van der Waals surface area contributed by atoms with Gasteiger partial charge in [-0.3, -0.25) is 4.98 Å². The zero-order valence-corrected chi connectivity index (χ0v) is 11.9. The van der Waals surface area contributed by atoms with Crippen molar-refractivity contribution < 1.29 is 4.74 Å². The first kappa shape index (κ1) is 15.5. The van der Waals surface area contributed by atoms with Gasteiger partial charge in [0, 0.05) is 6.20 Å². The molecular formula is C16H24N2O. The molecule has 0 fully saturated rings. The Kier molecular flexibility index (Phi) is 8.46. The average Bonchev–Trinajstić information content (AvgIpc) is 2.46. The van der Waals surface area contributed by atoms with Gasteiger partial charge in [-0.2, -0.15) is 5.26 Å². The number of ether oxygens (including phenoxy) is 1. The van der Waals surface area contributed by atoms with Crippen molar-refractivity contribution in [2.45, 2.75) is 58.3 Å². The third-order valence-electron chi connectivity index (χ3n) is 3.16. The number of aromatic nitrogens is 1. The van der Waals surface area contributed by atoms with Gasteiger partial charge in [-0.05, 0) is 12.5 Å². The van der Waals surface area contributed by atoms with Crippen molar-refractivity contribution >= 4 is 0 Å². The predicted molar refractivity (Wildman–Crippen MR) is 77.1 cm³/mol. The molecule has 0 saturated carbocycles. The Balaban J connectivity index is 2.03. The summed E-state index contributed by atoms with van der Waals surface area (Å²) in [6.07, 6.45) is 13.5. The Bertz CT molecular complexity index is 385. The molecule has 0 aliphatic carbocycles. The number of rotatable bonds is 10. The maximum atomic E-state index is 8.90. The van der Waals surface area contributed by atoms with E-state index in [1.807, 2.05) is 0 Å². The molecule has 0 N–H and O–H groups in total. The predicted octanol–water partition coefficient (Wildman–Crippen LogP) is 4.47. The summed E-state index contributed by atoms with van der Waals surface area (Å²) in [5.41, 5.74) is 0.564. The summed E-state index contributed by atoms with van der Waals surface area (Å²) in [4.78, 5) is 3.97. The van der Waals surface area contributed by atoms with E-state index >= 15 is 0 Å². The molecule has 0 aromatic carbocycles. The highest BCUT2D eigenvalue weighted by molar-refractivity contribution is 5.40. The lowest BCUT2D eigenvalue weighted by atomic mass is 10.1. The van der Waals surface area contributed by atoms with Crippen LogP contribution in [0.25, 0.3) is 0 Å². The van der Waals surface area contributed by atoms with Crippen LogP contribution in [0.2, 0.25) is 0 Å². The molecule has 0 unspecified atom stereocenters. The van der Waals surface area contributed by atoms with E-state index in [1.165, 1.54) is 44.9 Å². The lowest BCUT2D eigenvalue weighted by Crippen LogP contribution is -1.99. The van der Waals surface area contributed by atoms with Crippen molar-refractivity contribution in [2.24, 2.45) is 0 Å². The van der Waals surface area contributed by atoms with E-state index in [4.69, 9.17) is 10.00 Å².